The van der Waals surface area contributed by atoms with E-state index in [0.29, 0.717) is 5.92 Å². The van der Waals surface area contributed by atoms with Crippen molar-refractivity contribution < 1.29 is 9.47 Å². The molecule has 2 unspecified atom stereocenters. The Labute approximate surface area is 131 Å². The molecule has 0 radical (unpaired) electrons. The van der Waals surface area contributed by atoms with Crippen molar-refractivity contribution >= 4 is 42.5 Å². The molecule has 0 N–H and O–H groups in total. The highest BCUT2D eigenvalue weighted by molar-refractivity contribution is 14.1. The molecule has 0 aromatic rings. The Balaban J connectivity index is 2.98. The molecule has 0 saturated carbocycles. The van der Waals surface area contributed by atoms with E-state index in [0.717, 1.165) is 17.8 Å². The second-order valence-corrected chi connectivity index (χ2v) is 13.3. The van der Waals surface area contributed by atoms with E-state index in [-0.39, 0.29) is 12.1 Å². The lowest BCUT2D eigenvalue weighted by Crippen LogP contribution is -2.42. The summed E-state index contributed by atoms with van der Waals surface area (Å²) < 4.78 is 12.1. The second kappa shape index (κ2) is 7.06. The Morgan fingerprint density at radius 1 is 1.16 bits per heavy atom. The van der Waals surface area contributed by atoms with Gasteiger partial charge >= 0.3 is 0 Å². The van der Waals surface area contributed by atoms with Crippen molar-refractivity contribution in [3.63, 3.8) is 0 Å². The molecule has 1 aliphatic rings. The maximum Gasteiger partial charge on any atom is 0.209 e. The lowest BCUT2D eigenvalue weighted by Gasteiger charge is -2.30. The molecule has 0 amide bonds. The first-order valence-corrected chi connectivity index (χ1v) is 11.6. The van der Waals surface area contributed by atoms with Gasteiger partial charge in [0.05, 0.1) is 22.3 Å². The summed E-state index contributed by atoms with van der Waals surface area (Å²) in [7, 11) is 2.12. The molecule has 6 heteroatoms. The first-order chi connectivity index (χ1) is 8.84. The first kappa shape index (κ1) is 16.9. The molecular formula is C13H25IN2O2Si. The summed E-state index contributed by atoms with van der Waals surface area (Å²) in [6, 6.07) is 1.08. The van der Waals surface area contributed by atoms with Crippen molar-refractivity contribution in [2.24, 2.45) is 15.9 Å². The van der Waals surface area contributed by atoms with E-state index >= 15 is 0 Å². The Morgan fingerprint density at radius 2 is 1.74 bits per heavy atom. The number of hydrogen-bond acceptors (Lipinski definition) is 4. The maximum absolute atomic E-state index is 5.47. The Hall–Kier alpha value is -0.113. The van der Waals surface area contributed by atoms with E-state index in [4.69, 9.17) is 19.5 Å². The predicted octanol–water partition coefficient (Wildman–Crippen LogP) is 3.17. The molecule has 0 fully saturated rings. The van der Waals surface area contributed by atoms with Crippen LogP contribution in [-0.2, 0) is 9.47 Å². The number of hydrogen-bond donors (Lipinski definition) is 0. The third kappa shape index (κ3) is 4.44. The van der Waals surface area contributed by atoms with Crippen LogP contribution in [0, 0.1) is 5.92 Å². The van der Waals surface area contributed by atoms with Gasteiger partial charge in [0.2, 0.25) is 11.8 Å². The predicted molar refractivity (Wildman–Crippen MR) is 92.5 cm³/mol. The van der Waals surface area contributed by atoms with Crippen molar-refractivity contribution in [2.75, 3.05) is 18.3 Å². The zero-order valence-electron chi connectivity index (χ0n) is 12.7. The molecule has 1 aliphatic heterocycles. The van der Waals surface area contributed by atoms with Gasteiger partial charge in [0, 0.05) is 0 Å². The Bertz CT molecular complexity index is 370. The summed E-state index contributed by atoms with van der Waals surface area (Å²) in [6.07, 6.45) is 0. The van der Waals surface area contributed by atoms with Crippen LogP contribution in [0.15, 0.2) is 9.98 Å². The summed E-state index contributed by atoms with van der Waals surface area (Å²) >= 11 is 2.48. The largest absolute Gasteiger partial charge is 0.483 e. The highest BCUT2D eigenvalue weighted by Gasteiger charge is 2.34. The van der Waals surface area contributed by atoms with Crippen LogP contribution in [0.4, 0.5) is 0 Å². The van der Waals surface area contributed by atoms with Crippen molar-refractivity contribution in [2.45, 2.75) is 45.1 Å². The highest BCUT2D eigenvalue weighted by Crippen LogP contribution is 2.24. The van der Waals surface area contributed by atoms with Crippen LogP contribution in [0.1, 0.15) is 13.8 Å². The molecule has 0 spiro atoms. The Morgan fingerprint density at radius 3 is 2.16 bits per heavy atom. The van der Waals surface area contributed by atoms with Gasteiger partial charge in [0.1, 0.15) is 12.1 Å². The van der Waals surface area contributed by atoms with Gasteiger partial charge in [-0.3, -0.25) is 0 Å². The van der Waals surface area contributed by atoms with Crippen molar-refractivity contribution in [3.05, 3.63) is 0 Å². The fourth-order valence-corrected chi connectivity index (χ4v) is 4.43. The number of aliphatic imine (C=N–C) groups is 2. The van der Waals surface area contributed by atoms with E-state index in [2.05, 4.69) is 49.5 Å². The van der Waals surface area contributed by atoms with Gasteiger partial charge in [-0.25, -0.2) is 9.98 Å². The Kier molecular flexibility index (Phi) is 6.29. The van der Waals surface area contributed by atoms with Crippen LogP contribution in [-0.4, -0.2) is 50.2 Å². The summed E-state index contributed by atoms with van der Waals surface area (Å²) in [5.74, 6) is 1.88. The third-order valence-corrected chi connectivity index (χ3v) is 11.7. The van der Waals surface area contributed by atoms with Gasteiger partial charge in [0.25, 0.3) is 0 Å². The van der Waals surface area contributed by atoms with Crippen molar-refractivity contribution in [1.29, 1.82) is 0 Å². The normalized spacial score (nSPS) is 24.0. The zero-order valence-corrected chi connectivity index (χ0v) is 15.9. The lowest BCUT2D eigenvalue weighted by molar-refractivity contribution is 0.335. The average Bonchev–Trinajstić information content (AvgIpc) is 2.37. The second-order valence-electron chi connectivity index (χ2n) is 6.05. The molecular weight excluding hydrogens is 371 g/mol. The number of nitrogens with zero attached hydrogens (tertiary/aromatic N) is 2. The molecule has 19 heavy (non-hydrogen) atoms. The lowest BCUT2D eigenvalue weighted by atomic mass is 10.0. The van der Waals surface area contributed by atoms with Crippen molar-refractivity contribution in [3.8, 4) is 0 Å². The topological polar surface area (TPSA) is 43.2 Å². The number of alkyl halides is 1. The molecule has 0 aliphatic carbocycles. The van der Waals surface area contributed by atoms with E-state index < -0.39 is 8.07 Å². The smallest absolute Gasteiger partial charge is 0.209 e. The van der Waals surface area contributed by atoms with Crippen LogP contribution in [0.3, 0.4) is 0 Å². The minimum absolute atomic E-state index is 0.0134. The number of ether oxygens (including phenoxy) is 2. The van der Waals surface area contributed by atoms with E-state index in [1.807, 2.05) is 0 Å². The summed E-state index contributed by atoms with van der Waals surface area (Å²) in [4.78, 5) is 9.47. The molecule has 0 saturated heterocycles. The molecule has 2 atom stereocenters. The highest BCUT2D eigenvalue weighted by atomic mass is 127. The average molecular weight is 396 g/mol. The molecule has 0 aromatic heterocycles. The van der Waals surface area contributed by atoms with Gasteiger partial charge in [-0.05, 0) is 16.0 Å². The van der Waals surface area contributed by atoms with Gasteiger partial charge < -0.3 is 9.47 Å². The number of halogens is 1. The van der Waals surface area contributed by atoms with E-state index in [9.17, 15) is 0 Å². The number of methoxy groups -OCH3 is 2. The van der Waals surface area contributed by atoms with E-state index in [1.54, 1.807) is 14.2 Å². The fraction of sp³-hybridized carbons (Fsp3) is 0.846. The van der Waals surface area contributed by atoms with Gasteiger partial charge in [0.15, 0.2) is 0 Å². The van der Waals surface area contributed by atoms with Crippen LogP contribution >= 0.6 is 22.6 Å². The zero-order chi connectivity index (χ0) is 14.6. The minimum atomic E-state index is -1.25. The molecule has 0 bridgehead atoms. The molecule has 1 heterocycles. The maximum atomic E-state index is 5.47. The molecule has 4 nitrogen and oxygen atoms in total. The van der Waals surface area contributed by atoms with Crippen LogP contribution in [0.5, 0.6) is 0 Å². The van der Waals surface area contributed by atoms with E-state index in [1.165, 1.54) is 4.05 Å². The monoisotopic (exact) mass is 396 g/mol. The van der Waals surface area contributed by atoms with Crippen LogP contribution in [0.25, 0.3) is 0 Å². The van der Waals surface area contributed by atoms with Crippen LogP contribution < -0.4 is 0 Å². The van der Waals surface area contributed by atoms with Gasteiger partial charge in [-0.1, -0.05) is 49.5 Å². The molecule has 0 aromatic carbocycles. The van der Waals surface area contributed by atoms with Gasteiger partial charge in [-0.15, -0.1) is 0 Å². The third-order valence-electron chi connectivity index (χ3n) is 3.24. The molecule has 110 valence electrons. The minimum Gasteiger partial charge on any atom is -0.483 e. The summed E-state index contributed by atoms with van der Waals surface area (Å²) in [6.45, 7) is 9.01. The van der Waals surface area contributed by atoms with Crippen LogP contribution in [0.2, 0.25) is 19.1 Å². The summed E-state index contributed by atoms with van der Waals surface area (Å²) in [5.41, 5.74) is 0. The SMILES string of the molecule is COC1=NC(C(C)C)C(OC)=NC1C[Si](C)(C)CI. The fourth-order valence-electron chi connectivity index (χ4n) is 2.07. The van der Waals surface area contributed by atoms with Gasteiger partial charge in [-0.2, -0.15) is 0 Å². The number of rotatable bonds is 4. The quantitative estimate of drug-likeness (QED) is 0.416. The standard InChI is InChI=1S/C13H25IN2O2Si/c1-9(2)11-13(18-4)15-10(12(16-11)17-3)7-19(5,6)8-14/h9-11H,7-8H2,1-6H3. The first-order valence-electron chi connectivity index (χ1n) is 6.64. The molecule has 1 rings (SSSR count). The summed E-state index contributed by atoms with van der Waals surface area (Å²) in [5, 5.41) is 0. The van der Waals surface area contributed by atoms with Crippen molar-refractivity contribution in [1.82, 2.24) is 0 Å².